The molecule has 1 aromatic heterocycles. The monoisotopic (exact) mass is 282 g/mol. The van der Waals surface area contributed by atoms with E-state index in [4.69, 9.17) is 9.36 Å². The van der Waals surface area contributed by atoms with Crippen LogP contribution in [0.15, 0.2) is 53.1 Å². The molecule has 106 valence electrons. The molecular formula is C16H14N2O3. The molecule has 0 aliphatic rings. The van der Waals surface area contributed by atoms with Crippen LogP contribution in [0, 0.1) is 0 Å². The Bertz CT molecular complexity index is 781. The topological polar surface area (TPSA) is 55.6 Å². The largest absolute Gasteiger partial charge is 0.355 e. The summed E-state index contributed by atoms with van der Waals surface area (Å²) in [5, 5.41) is 6.01. The van der Waals surface area contributed by atoms with E-state index in [9.17, 15) is 4.79 Å². The highest BCUT2D eigenvalue weighted by Gasteiger charge is 2.16. The molecule has 0 bridgehead atoms. The Labute approximate surface area is 121 Å². The zero-order valence-electron chi connectivity index (χ0n) is 11.7. The second-order valence-electron chi connectivity index (χ2n) is 4.59. The van der Waals surface area contributed by atoms with E-state index < -0.39 is 0 Å². The van der Waals surface area contributed by atoms with Crippen molar-refractivity contribution >= 4 is 16.8 Å². The molecule has 3 rings (SSSR count). The van der Waals surface area contributed by atoms with Gasteiger partial charge < -0.3 is 4.52 Å². The fourth-order valence-corrected chi connectivity index (χ4v) is 2.14. The van der Waals surface area contributed by atoms with Crippen LogP contribution in [-0.4, -0.2) is 30.3 Å². The highest BCUT2D eigenvalue weighted by Crippen LogP contribution is 2.29. The summed E-state index contributed by atoms with van der Waals surface area (Å²) in [6.07, 6.45) is 0. The number of fused-ring (bicyclic) bond motifs is 1. The highest BCUT2D eigenvalue weighted by atomic mass is 16.7. The molecule has 2 aromatic carbocycles. The summed E-state index contributed by atoms with van der Waals surface area (Å²) in [6, 6.07) is 14.9. The number of hydrogen-bond donors (Lipinski definition) is 0. The number of hydroxylamine groups is 2. The molecule has 0 saturated heterocycles. The zero-order valence-corrected chi connectivity index (χ0v) is 11.7. The first-order valence-electron chi connectivity index (χ1n) is 6.47. The number of carbonyl (C=O) groups excluding carboxylic acids is 1. The number of benzene rings is 2. The summed E-state index contributed by atoms with van der Waals surface area (Å²) in [5.74, 6) is 0.430. The van der Waals surface area contributed by atoms with Gasteiger partial charge in [0.2, 0.25) is 0 Å². The third kappa shape index (κ3) is 2.39. The molecule has 0 aliphatic carbocycles. The lowest BCUT2D eigenvalue weighted by molar-refractivity contribution is -0.0756. The molecule has 0 fully saturated rings. The van der Waals surface area contributed by atoms with Crippen LogP contribution in [0.25, 0.3) is 22.2 Å². The summed E-state index contributed by atoms with van der Waals surface area (Å²) >= 11 is 0. The van der Waals surface area contributed by atoms with Crippen LogP contribution >= 0.6 is 0 Å². The van der Waals surface area contributed by atoms with Crippen molar-refractivity contribution in [2.45, 2.75) is 0 Å². The number of carbonyl (C=O) groups is 1. The van der Waals surface area contributed by atoms with Crippen molar-refractivity contribution in [2.75, 3.05) is 14.2 Å². The molecule has 0 atom stereocenters. The average molecular weight is 282 g/mol. The molecule has 5 heteroatoms. The van der Waals surface area contributed by atoms with Gasteiger partial charge in [0, 0.05) is 18.2 Å². The molecule has 1 amide bonds. The van der Waals surface area contributed by atoms with Gasteiger partial charge in [0.1, 0.15) is 5.52 Å². The fraction of sp³-hybridized carbons (Fsp3) is 0.125. The lowest BCUT2D eigenvalue weighted by Gasteiger charge is -2.13. The smallest absolute Gasteiger partial charge is 0.277 e. The lowest BCUT2D eigenvalue weighted by atomic mass is 10.1. The van der Waals surface area contributed by atoms with Gasteiger partial charge >= 0.3 is 0 Å². The van der Waals surface area contributed by atoms with Gasteiger partial charge in [0.15, 0.2) is 5.76 Å². The molecule has 3 aromatic rings. The van der Waals surface area contributed by atoms with Gasteiger partial charge in [-0.05, 0) is 18.2 Å². The van der Waals surface area contributed by atoms with Gasteiger partial charge in [0.25, 0.3) is 5.91 Å². The number of nitrogens with zero attached hydrogens (tertiary/aromatic N) is 2. The van der Waals surface area contributed by atoms with E-state index in [1.165, 1.54) is 12.2 Å². The Morgan fingerprint density at radius 2 is 1.95 bits per heavy atom. The van der Waals surface area contributed by atoms with Crippen LogP contribution in [0.3, 0.4) is 0 Å². The van der Waals surface area contributed by atoms with Crippen LogP contribution in [0.5, 0.6) is 0 Å². The van der Waals surface area contributed by atoms with Crippen molar-refractivity contribution < 1.29 is 14.2 Å². The standard InChI is InChI=1S/C16H14N2O3/c1-18(20-2)16(19)12-8-9-14-13(10-12)15(21-17-14)11-6-4-3-5-7-11/h3-10H,1-2H3. The average Bonchev–Trinajstić information content (AvgIpc) is 2.97. The Hall–Kier alpha value is -2.66. The van der Waals surface area contributed by atoms with E-state index in [1.807, 2.05) is 30.3 Å². The maximum absolute atomic E-state index is 12.1. The predicted octanol–water partition coefficient (Wildman–Crippen LogP) is 3.13. The van der Waals surface area contributed by atoms with Crippen molar-refractivity contribution in [3.63, 3.8) is 0 Å². The van der Waals surface area contributed by atoms with E-state index in [1.54, 1.807) is 25.2 Å². The van der Waals surface area contributed by atoms with Crippen molar-refractivity contribution in [1.29, 1.82) is 0 Å². The Balaban J connectivity index is 2.11. The first kappa shape index (κ1) is 13.3. The minimum atomic E-state index is -0.223. The minimum Gasteiger partial charge on any atom is -0.355 e. The second kappa shape index (κ2) is 5.38. The van der Waals surface area contributed by atoms with Crippen molar-refractivity contribution in [2.24, 2.45) is 0 Å². The molecule has 21 heavy (non-hydrogen) atoms. The molecule has 1 heterocycles. The van der Waals surface area contributed by atoms with Gasteiger partial charge in [0.05, 0.1) is 12.5 Å². The van der Waals surface area contributed by atoms with Gasteiger partial charge in [-0.25, -0.2) is 5.06 Å². The maximum atomic E-state index is 12.1. The lowest BCUT2D eigenvalue weighted by Crippen LogP contribution is -2.25. The number of hydrogen-bond acceptors (Lipinski definition) is 4. The summed E-state index contributed by atoms with van der Waals surface area (Å²) in [6.45, 7) is 0. The first-order valence-corrected chi connectivity index (χ1v) is 6.47. The second-order valence-corrected chi connectivity index (χ2v) is 4.59. The quantitative estimate of drug-likeness (QED) is 0.692. The first-order chi connectivity index (χ1) is 10.2. The molecular weight excluding hydrogens is 268 g/mol. The van der Waals surface area contributed by atoms with Crippen molar-refractivity contribution in [3.05, 3.63) is 54.1 Å². The van der Waals surface area contributed by atoms with Gasteiger partial charge in [-0.1, -0.05) is 35.5 Å². The van der Waals surface area contributed by atoms with Crippen LogP contribution in [0.4, 0.5) is 0 Å². The summed E-state index contributed by atoms with van der Waals surface area (Å²) in [7, 11) is 3.02. The SMILES string of the molecule is CON(C)C(=O)c1ccc2noc(-c3ccccc3)c2c1. The Morgan fingerprint density at radius 3 is 2.67 bits per heavy atom. The minimum absolute atomic E-state index is 0.223. The van der Waals surface area contributed by atoms with Gasteiger partial charge in [-0.15, -0.1) is 0 Å². The number of aromatic nitrogens is 1. The molecule has 0 saturated carbocycles. The molecule has 0 spiro atoms. The van der Waals surface area contributed by atoms with Gasteiger partial charge in [-0.3, -0.25) is 9.63 Å². The maximum Gasteiger partial charge on any atom is 0.277 e. The van der Waals surface area contributed by atoms with Crippen molar-refractivity contribution in [3.8, 4) is 11.3 Å². The molecule has 0 aliphatic heterocycles. The number of amides is 1. The molecule has 0 N–H and O–H groups in total. The predicted molar refractivity (Wildman–Crippen MR) is 78.5 cm³/mol. The Kier molecular flexibility index (Phi) is 3.41. The number of rotatable bonds is 3. The summed E-state index contributed by atoms with van der Waals surface area (Å²) in [5.41, 5.74) is 2.15. The van der Waals surface area contributed by atoms with Crippen LogP contribution in [-0.2, 0) is 4.84 Å². The third-order valence-electron chi connectivity index (χ3n) is 3.32. The Morgan fingerprint density at radius 1 is 1.19 bits per heavy atom. The summed E-state index contributed by atoms with van der Waals surface area (Å²) < 4.78 is 5.42. The summed E-state index contributed by atoms with van der Waals surface area (Å²) in [4.78, 5) is 17.1. The van der Waals surface area contributed by atoms with Crippen LogP contribution < -0.4 is 0 Å². The van der Waals surface area contributed by atoms with Gasteiger partial charge in [-0.2, -0.15) is 0 Å². The van der Waals surface area contributed by atoms with Crippen molar-refractivity contribution in [1.82, 2.24) is 10.2 Å². The van der Waals surface area contributed by atoms with E-state index >= 15 is 0 Å². The fourth-order valence-electron chi connectivity index (χ4n) is 2.14. The van der Waals surface area contributed by atoms with E-state index in [-0.39, 0.29) is 5.91 Å². The van der Waals surface area contributed by atoms with Crippen LogP contribution in [0.1, 0.15) is 10.4 Å². The zero-order chi connectivity index (χ0) is 14.8. The van der Waals surface area contributed by atoms with E-state index in [2.05, 4.69) is 5.16 Å². The van der Waals surface area contributed by atoms with E-state index in [0.29, 0.717) is 16.8 Å². The molecule has 0 unspecified atom stereocenters. The van der Waals surface area contributed by atoms with Crippen LogP contribution in [0.2, 0.25) is 0 Å². The normalized spacial score (nSPS) is 10.8. The molecule has 5 nitrogen and oxygen atoms in total. The third-order valence-corrected chi connectivity index (χ3v) is 3.32. The highest BCUT2D eigenvalue weighted by molar-refractivity contribution is 6.00. The molecule has 0 radical (unpaired) electrons. The van der Waals surface area contributed by atoms with E-state index in [0.717, 1.165) is 10.9 Å².